The van der Waals surface area contributed by atoms with Crippen LogP contribution in [-0.4, -0.2) is 40.3 Å². The van der Waals surface area contributed by atoms with Crippen molar-refractivity contribution in [1.82, 2.24) is 4.90 Å². The highest BCUT2D eigenvalue weighted by Crippen LogP contribution is 2.40. The number of aliphatic carboxylic acids is 1. The Morgan fingerprint density at radius 3 is 2.20 bits per heavy atom. The number of carboxylic acids is 1. The number of carbonyl (C=O) groups excluding carboxylic acids is 1. The summed E-state index contributed by atoms with van der Waals surface area (Å²) in [4.78, 5) is 25.3. The number of hydrogen-bond acceptors (Lipinski definition) is 3. The van der Waals surface area contributed by atoms with Crippen LogP contribution in [-0.2, 0) is 9.53 Å². The first-order valence-corrected chi connectivity index (χ1v) is 7.20. The van der Waals surface area contributed by atoms with Crippen molar-refractivity contribution in [2.75, 3.05) is 7.05 Å². The van der Waals surface area contributed by atoms with Gasteiger partial charge in [0, 0.05) is 7.05 Å². The van der Waals surface area contributed by atoms with Crippen LogP contribution in [0.1, 0.15) is 53.9 Å². The van der Waals surface area contributed by atoms with E-state index in [9.17, 15) is 14.7 Å². The molecule has 0 bridgehead atoms. The van der Waals surface area contributed by atoms with Crippen LogP contribution in [0.3, 0.4) is 0 Å². The smallest absolute Gasteiger partial charge is 0.410 e. The maximum atomic E-state index is 12.2. The lowest BCUT2D eigenvalue weighted by Crippen LogP contribution is -2.59. The minimum atomic E-state index is -1.14. The van der Waals surface area contributed by atoms with Gasteiger partial charge in [-0.1, -0.05) is 13.8 Å². The average molecular weight is 285 g/mol. The second kappa shape index (κ2) is 5.62. The van der Waals surface area contributed by atoms with Gasteiger partial charge in [0.25, 0.3) is 0 Å². The molecule has 3 atom stereocenters. The molecule has 1 amide bonds. The van der Waals surface area contributed by atoms with Crippen molar-refractivity contribution in [2.24, 2.45) is 11.8 Å². The monoisotopic (exact) mass is 285 g/mol. The second-order valence-electron chi connectivity index (χ2n) is 7.07. The Balaban J connectivity index is 2.97. The SMILES string of the molecule is CC1CCC(C(=O)O)(N(C)C(=O)OC(C)(C)C)CC1C. The minimum Gasteiger partial charge on any atom is -0.479 e. The van der Waals surface area contributed by atoms with Gasteiger partial charge in [0.1, 0.15) is 11.1 Å². The van der Waals surface area contributed by atoms with Crippen LogP contribution in [0.15, 0.2) is 0 Å². The predicted octanol–water partition coefficient (Wildman–Crippen LogP) is 3.13. The minimum absolute atomic E-state index is 0.268. The highest BCUT2D eigenvalue weighted by atomic mass is 16.6. The van der Waals surface area contributed by atoms with Crippen molar-refractivity contribution < 1.29 is 19.4 Å². The molecule has 1 rings (SSSR count). The first-order chi connectivity index (χ1) is 8.99. The van der Waals surface area contributed by atoms with E-state index in [0.717, 1.165) is 6.42 Å². The number of ether oxygens (including phenoxy) is 1. The molecule has 20 heavy (non-hydrogen) atoms. The topological polar surface area (TPSA) is 66.8 Å². The maximum Gasteiger partial charge on any atom is 0.410 e. The van der Waals surface area contributed by atoms with Crippen molar-refractivity contribution >= 4 is 12.1 Å². The summed E-state index contributed by atoms with van der Waals surface area (Å²) in [6.07, 6.45) is 1.19. The summed E-state index contributed by atoms with van der Waals surface area (Å²) in [5.74, 6) is -0.191. The molecule has 0 saturated heterocycles. The molecule has 1 N–H and O–H groups in total. The number of hydrogen-bond donors (Lipinski definition) is 1. The number of nitrogens with zero attached hydrogens (tertiary/aromatic N) is 1. The maximum absolute atomic E-state index is 12.2. The Hall–Kier alpha value is -1.26. The molecule has 1 fully saturated rings. The largest absolute Gasteiger partial charge is 0.479 e. The standard InChI is InChI=1S/C15H27NO4/c1-10-7-8-15(12(17)18,9-11(10)2)16(6)13(19)20-14(3,4)5/h10-11H,7-9H2,1-6H3,(H,17,18). The zero-order valence-electron chi connectivity index (χ0n) is 13.4. The van der Waals surface area contributed by atoms with E-state index in [1.54, 1.807) is 20.8 Å². The van der Waals surface area contributed by atoms with Crippen LogP contribution < -0.4 is 0 Å². The van der Waals surface area contributed by atoms with E-state index in [1.807, 2.05) is 6.92 Å². The van der Waals surface area contributed by atoms with Gasteiger partial charge in [-0.15, -0.1) is 0 Å². The summed E-state index contributed by atoms with van der Waals surface area (Å²) in [7, 11) is 1.53. The lowest BCUT2D eigenvalue weighted by Gasteiger charge is -2.45. The van der Waals surface area contributed by atoms with Gasteiger partial charge in [-0.25, -0.2) is 9.59 Å². The highest BCUT2D eigenvalue weighted by Gasteiger charge is 2.49. The number of carbonyl (C=O) groups is 2. The summed E-state index contributed by atoms with van der Waals surface area (Å²) >= 11 is 0. The van der Waals surface area contributed by atoms with Crippen molar-refractivity contribution in [2.45, 2.75) is 65.0 Å². The first kappa shape index (κ1) is 16.8. The first-order valence-electron chi connectivity index (χ1n) is 7.20. The van der Waals surface area contributed by atoms with Gasteiger partial charge in [0.05, 0.1) is 0 Å². The van der Waals surface area contributed by atoms with Gasteiger partial charge in [0.15, 0.2) is 0 Å². The summed E-state index contributed by atoms with van der Waals surface area (Å²) in [6, 6.07) is 0. The molecule has 0 aliphatic heterocycles. The van der Waals surface area contributed by atoms with E-state index < -0.39 is 23.2 Å². The second-order valence-corrected chi connectivity index (χ2v) is 7.07. The zero-order chi connectivity index (χ0) is 15.7. The molecule has 0 aromatic heterocycles. The molecular weight excluding hydrogens is 258 g/mol. The quantitative estimate of drug-likeness (QED) is 0.846. The van der Waals surface area contributed by atoms with Crippen molar-refractivity contribution in [1.29, 1.82) is 0 Å². The molecule has 1 aliphatic rings. The molecular formula is C15H27NO4. The summed E-state index contributed by atoms with van der Waals surface area (Å²) in [5.41, 5.74) is -1.77. The van der Waals surface area contributed by atoms with Crippen LogP contribution in [0.4, 0.5) is 4.79 Å². The molecule has 5 heteroatoms. The number of amides is 1. The average Bonchev–Trinajstić information content (AvgIpc) is 2.29. The van der Waals surface area contributed by atoms with Gasteiger partial charge in [-0.2, -0.15) is 0 Å². The molecule has 1 saturated carbocycles. The molecule has 0 radical (unpaired) electrons. The highest BCUT2D eigenvalue weighted by molar-refractivity contribution is 5.84. The molecule has 0 aromatic rings. The number of carboxylic acid groups (broad SMARTS) is 1. The fourth-order valence-electron chi connectivity index (χ4n) is 2.73. The van der Waals surface area contributed by atoms with Gasteiger partial charge in [0.2, 0.25) is 0 Å². The Morgan fingerprint density at radius 1 is 1.25 bits per heavy atom. The predicted molar refractivity (Wildman–Crippen MR) is 76.5 cm³/mol. The Kier molecular flexibility index (Phi) is 4.72. The van der Waals surface area contributed by atoms with E-state index in [1.165, 1.54) is 11.9 Å². The van der Waals surface area contributed by atoms with Crippen LogP contribution in [0.25, 0.3) is 0 Å². The summed E-state index contributed by atoms with van der Waals surface area (Å²) < 4.78 is 5.31. The van der Waals surface area contributed by atoms with Crippen molar-refractivity contribution in [3.05, 3.63) is 0 Å². The molecule has 0 aromatic carbocycles. The molecule has 0 heterocycles. The lowest BCUT2D eigenvalue weighted by molar-refractivity contribution is -0.154. The fourth-order valence-corrected chi connectivity index (χ4v) is 2.73. The third-order valence-electron chi connectivity index (χ3n) is 4.35. The van der Waals surface area contributed by atoms with Crippen LogP contribution in [0.5, 0.6) is 0 Å². The van der Waals surface area contributed by atoms with Gasteiger partial charge >= 0.3 is 12.1 Å². The van der Waals surface area contributed by atoms with Crippen molar-refractivity contribution in [3.63, 3.8) is 0 Å². The third kappa shape index (κ3) is 3.44. The van der Waals surface area contributed by atoms with E-state index >= 15 is 0 Å². The lowest BCUT2D eigenvalue weighted by atomic mass is 9.70. The number of likely N-dealkylation sites (N-methyl/N-ethyl adjacent to an activating group) is 1. The van der Waals surface area contributed by atoms with E-state index in [0.29, 0.717) is 18.8 Å². The molecule has 116 valence electrons. The summed E-state index contributed by atoms with van der Waals surface area (Å²) in [5, 5.41) is 9.66. The van der Waals surface area contributed by atoms with Crippen molar-refractivity contribution in [3.8, 4) is 0 Å². The molecule has 3 unspecified atom stereocenters. The van der Waals surface area contributed by atoms with Gasteiger partial charge in [-0.3, -0.25) is 4.90 Å². The van der Waals surface area contributed by atoms with E-state index in [4.69, 9.17) is 4.74 Å². The van der Waals surface area contributed by atoms with Crippen LogP contribution in [0, 0.1) is 11.8 Å². The fraction of sp³-hybridized carbons (Fsp3) is 0.867. The Morgan fingerprint density at radius 2 is 1.80 bits per heavy atom. The summed E-state index contributed by atoms with van der Waals surface area (Å²) in [6.45, 7) is 9.50. The van der Waals surface area contributed by atoms with Crippen LogP contribution >= 0.6 is 0 Å². The van der Waals surface area contributed by atoms with E-state index in [-0.39, 0.29) is 5.92 Å². The normalized spacial score (nSPS) is 30.7. The molecule has 1 aliphatic carbocycles. The Bertz CT molecular complexity index is 388. The number of rotatable bonds is 2. The van der Waals surface area contributed by atoms with Gasteiger partial charge in [-0.05, 0) is 51.9 Å². The third-order valence-corrected chi connectivity index (χ3v) is 4.35. The Labute approximate surface area is 121 Å². The van der Waals surface area contributed by atoms with Crippen LogP contribution in [0.2, 0.25) is 0 Å². The zero-order valence-corrected chi connectivity index (χ0v) is 13.4. The molecule has 0 spiro atoms. The molecule has 5 nitrogen and oxygen atoms in total. The van der Waals surface area contributed by atoms with Gasteiger partial charge < -0.3 is 9.84 Å². The van der Waals surface area contributed by atoms with E-state index in [2.05, 4.69) is 6.92 Å².